The van der Waals surface area contributed by atoms with Crippen molar-refractivity contribution in [1.82, 2.24) is 5.32 Å². The van der Waals surface area contributed by atoms with E-state index in [1.54, 1.807) is 6.92 Å². The molecule has 0 aliphatic carbocycles. The molecule has 0 spiro atoms. The van der Waals surface area contributed by atoms with Crippen LogP contribution in [0.4, 0.5) is 5.69 Å². The summed E-state index contributed by atoms with van der Waals surface area (Å²) in [6.07, 6.45) is 0.290. The van der Waals surface area contributed by atoms with Gasteiger partial charge in [0.1, 0.15) is 5.75 Å². The third-order valence-electron chi connectivity index (χ3n) is 2.26. The summed E-state index contributed by atoms with van der Waals surface area (Å²) in [6, 6.07) is 4.14. The van der Waals surface area contributed by atoms with Gasteiger partial charge in [-0.15, -0.1) is 0 Å². The SMILES string of the molecule is CCC(=O)NC(=S)Nc1cc(C(=O)[O-])ccc1OC. The van der Waals surface area contributed by atoms with Crippen LogP contribution >= 0.6 is 12.2 Å². The number of carboxylic acid groups (broad SMARTS) is 1. The van der Waals surface area contributed by atoms with Gasteiger partial charge in [0, 0.05) is 6.42 Å². The zero-order valence-electron chi connectivity index (χ0n) is 10.5. The number of methoxy groups -OCH3 is 1. The molecule has 0 aliphatic rings. The molecule has 0 saturated carbocycles. The van der Waals surface area contributed by atoms with Crippen LogP contribution in [0.2, 0.25) is 0 Å². The molecule has 0 atom stereocenters. The third-order valence-corrected chi connectivity index (χ3v) is 2.46. The summed E-state index contributed by atoms with van der Waals surface area (Å²) in [6.45, 7) is 1.69. The lowest BCUT2D eigenvalue weighted by Crippen LogP contribution is -2.33. The van der Waals surface area contributed by atoms with Crippen LogP contribution in [0.5, 0.6) is 5.75 Å². The number of hydrogen-bond donors (Lipinski definition) is 2. The highest BCUT2D eigenvalue weighted by atomic mass is 32.1. The Kier molecular flexibility index (Phi) is 5.25. The lowest BCUT2D eigenvalue weighted by molar-refractivity contribution is -0.255. The maximum atomic E-state index is 11.2. The van der Waals surface area contributed by atoms with Crippen molar-refractivity contribution in [3.8, 4) is 5.75 Å². The van der Waals surface area contributed by atoms with Crippen molar-refractivity contribution in [2.24, 2.45) is 0 Å². The minimum Gasteiger partial charge on any atom is -0.545 e. The molecule has 0 aromatic heterocycles. The molecule has 0 bridgehead atoms. The Bertz CT molecular complexity index is 516. The highest BCUT2D eigenvalue weighted by Gasteiger charge is 2.08. The molecule has 0 radical (unpaired) electrons. The van der Waals surface area contributed by atoms with Crippen LogP contribution in [-0.4, -0.2) is 24.1 Å². The quantitative estimate of drug-likeness (QED) is 0.771. The van der Waals surface area contributed by atoms with E-state index in [2.05, 4.69) is 10.6 Å². The number of aromatic carboxylic acids is 1. The molecule has 1 amide bonds. The molecule has 1 rings (SSSR count). The fourth-order valence-corrected chi connectivity index (χ4v) is 1.53. The molecule has 7 heteroatoms. The number of hydrogen-bond acceptors (Lipinski definition) is 5. The Labute approximate surface area is 115 Å². The van der Waals surface area contributed by atoms with Crippen LogP contribution in [-0.2, 0) is 4.79 Å². The molecule has 1 aromatic rings. The van der Waals surface area contributed by atoms with Crippen molar-refractivity contribution < 1.29 is 19.4 Å². The zero-order chi connectivity index (χ0) is 14.4. The summed E-state index contributed by atoms with van der Waals surface area (Å²) < 4.78 is 5.06. The van der Waals surface area contributed by atoms with Crippen molar-refractivity contribution >= 4 is 34.9 Å². The number of benzene rings is 1. The third kappa shape index (κ3) is 4.22. The van der Waals surface area contributed by atoms with E-state index in [1.807, 2.05) is 0 Å². The van der Waals surface area contributed by atoms with Crippen molar-refractivity contribution in [3.63, 3.8) is 0 Å². The summed E-state index contributed by atoms with van der Waals surface area (Å²) >= 11 is 4.93. The number of nitrogens with one attached hydrogen (secondary N) is 2. The number of amides is 1. The van der Waals surface area contributed by atoms with Gasteiger partial charge in [-0.2, -0.15) is 0 Å². The summed E-state index contributed by atoms with van der Waals surface area (Å²) in [7, 11) is 1.44. The number of carboxylic acids is 1. The van der Waals surface area contributed by atoms with Gasteiger partial charge in [-0.05, 0) is 36.0 Å². The van der Waals surface area contributed by atoms with E-state index in [1.165, 1.54) is 25.3 Å². The van der Waals surface area contributed by atoms with E-state index in [4.69, 9.17) is 17.0 Å². The highest BCUT2D eigenvalue weighted by Crippen LogP contribution is 2.25. The second kappa shape index (κ2) is 6.69. The van der Waals surface area contributed by atoms with Crippen molar-refractivity contribution in [2.45, 2.75) is 13.3 Å². The summed E-state index contributed by atoms with van der Waals surface area (Å²) in [5, 5.41) is 16.0. The van der Waals surface area contributed by atoms with Gasteiger partial charge >= 0.3 is 0 Å². The van der Waals surface area contributed by atoms with Crippen molar-refractivity contribution in [3.05, 3.63) is 23.8 Å². The summed E-state index contributed by atoms with van der Waals surface area (Å²) in [5.74, 6) is -1.15. The van der Waals surface area contributed by atoms with Gasteiger partial charge in [-0.1, -0.05) is 6.92 Å². The fourth-order valence-electron chi connectivity index (χ4n) is 1.30. The zero-order valence-corrected chi connectivity index (χ0v) is 11.3. The van der Waals surface area contributed by atoms with Gasteiger partial charge in [-0.25, -0.2) is 0 Å². The molecular formula is C12H13N2O4S-. The van der Waals surface area contributed by atoms with E-state index in [0.717, 1.165) is 0 Å². The largest absolute Gasteiger partial charge is 0.545 e. The number of ether oxygens (including phenoxy) is 1. The Morgan fingerprint density at radius 3 is 2.63 bits per heavy atom. The van der Waals surface area contributed by atoms with Crippen LogP contribution in [0.25, 0.3) is 0 Å². The maximum absolute atomic E-state index is 11.2. The van der Waals surface area contributed by atoms with E-state index in [0.29, 0.717) is 11.4 Å². The van der Waals surface area contributed by atoms with Crippen LogP contribution in [0.1, 0.15) is 23.7 Å². The van der Waals surface area contributed by atoms with E-state index >= 15 is 0 Å². The molecule has 19 heavy (non-hydrogen) atoms. The molecule has 0 unspecified atom stereocenters. The summed E-state index contributed by atoms with van der Waals surface area (Å²) in [5.41, 5.74) is 0.318. The van der Waals surface area contributed by atoms with Crippen LogP contribution in [0.15, 0.2) is 18.2 Å². The maximum Gasteiger partial charge on any atom is 0.225 e. The van der Waals surface area contributed by atoms with Crippen molar-refractivity contribution in [1.29, 1.82) is 0 Å². The fraction of sp³-hybridized carbons (Fsp3) is 0.250. The monoisotopic (exact) mass is 281 g/mol. The molecule has 1 aromatic carbocycles. The highest BCUT2D eigenvalue weighted by molar-refractivity contribution is 7.80. The predicted molar refractivity (Wildman–Crippen MR) is 72.0 cm³/mol. The second-order valence-corrected chi connectivity index (χ2v) is 3.97. The van der Waals surface area contributed by atoms with Gasteiger partial charge in [0.15, 0.2) is 5.11 Å². The topological polar surface area (TPSA) is 90.5 Å². The van der Waals surface area contributed by atoms with Crippen LogP contribution in [0.3, 0.4) is 0 Å². The molecular weight excluding hydrogens is 268 g/mol. The first-order valence-corrected chi connectivity index (χ1v) is 5.89. The predicted octanol–water partition coefficient (Wildman–Crippen LogP) is 0.282. The van der Waals surface area contributed by atoms with Gasteiger partial charge < -0.3 is 25.3 Å². The molecule has 102 valence electrons. The Morgan fingerprint density at radius 1 is 1.42 bits per heavy atom. The van der Waals surface area contributed by atoms with Gasteiger partial charge in [-0.3, -0.25) is 4.79 Å². The molecule has 2 N–H and O–H groups in total. The lowest BCUT2D eigenvalue weighted by atomic mass is 10.2. The van der Waals surface area contributed by atoms with E-state index < -0.39 is 5.97 Å². The number of thiocarbonyl (C=S) groups is 1. The molecule has 0 saturated heterocycles. The average molecular weight is 281 g/mol. The number of anilines is 1. The Hall–Kier alpha value is -2.15. The van der Waals surface area contributed by atoms with Gasteiger partial charge in [0.05, 0.1) is 18.8 Å². The number of carbonyl (C=O) groups excluding carboxylic acids is 2. The first kappa shape index (κ1) is 14.9. The van der Waals surface area contributed by atoms with Gasteiger partial charge in [0.2, 0.25) is 5.91 Å². The molecule has 0 heterocycles. The Morgan fingerprint density at radius 2 is 2.11 bits per heavy atom. The summed E-state index contributed by atoms with van der Waals surface area (Å²) in [4.78, 5) is 21.9. The van der Waals surface area contributed by atoms with Crippen LogP contribution in [0, 0.1) is 0 Å². The number of carbonyl (C=O) groups is 2. The minimum absolute atomic E-state index is 0.0204. The van der Waals surface area contributed by atoms with Crippen LogP contribution < -0.4 is 20.5 Å². The lowest BCUT2D eigenvalue weighted by Gasteiger charge is -2.14. The van der Waals surface area contributed by atoms with E-state index in [-0.39, 0.29) is 23.0 Å². The second-order valence-electron chi connectivity index (χ2n) is 3.56. The average Bonchev–Trinajstić information content (AvgIpc) is 2.38. The molecule has 0 fully saturated rings. The smallest absolute Gasteiger partial charge is 0.225 e. The number of rotatable bonds is 4. The first-order valence-electron chi connectivity index (χ1n) is 5.48. The molecule has 0 aliphatic heterocycles. The standard InChI is InChI=1S/C12H14N2O4S/c1-3-10(15)14-12(19)13-8-6-7(11(16)17)4-5-9(8)18-2/h4-6H,3H2,1-2H3,(H,16,17)(H2,13,14,15,19)/p-1. The van der Waals surface area contributed by atoms with Crippen molar-refractivity contribution in [2.75, 3.05) is 12.4 Å². The van der Waals surface area contributed by atoms with Gasteiger partial charge in [0.25, 0.3) is 0 Å². The Balaban J connectivity index is 2.91. The minimum atomic E-state index is -1.31. The normalized spacial score (nSPS) is 9.58. The first-order chi connectivity index (χ1) is 8.97. The molecule has 6 nitrogen and oxygen atoms in total. The van der Waals surface area contributed by atoms with E-state index in [9.17, 15) is 14.7 Å².